The number of pyridine rings is 1. The summed E-state index contributed by atoms with van der Waals surface area (Å²) in [5.41, 5.74) is 4.96. The van der Waals surface area contributed by atoms with Crippen molar-refractivity contribution in [3.63, 3.8) is 0 Å². The maximum atomic E-state index is 9.47. The molecular weight excluding hydrogens is 402 g/mol. The van der Waals surface area contributed by atoms with Gasteiger partial charge in [0.1, 0.15) is 11.3 Å². The van der Waals surface area contributed by atoms with E-state index < -0.39 is 0 Å². The number of aromatic nitrogens is 4. The molecule has 0 saturated carbocycles. The molecule has 0 N–H and O–H groups in total. The van der Waals surface area contributed by atoms with Crippen LogP contribution in [-0.2, 0) is 11.2 Å². The van der Waals surface area contributed by atoms with Crippen molar-refractivity contribution in [3.05, 3.63) is 65.7 Å². The minimum atomic E-state index is 0.176. The van der Waals surface area contributed by atoms with Gasteiger partial charge >= 0.3 is 0 Å². The fourth-order valence-corrected chi connectivity index (χ4v) is 4.84. The summed E-state index contributed by atoms with van der Waals surface area (Å²) >= 11 is 0. The monoisotopic (exact) mass is 423 g/mol. The van der Waals surface area contributed by atoms with Crippen molar-refractivity contribution in [2.45, 2.75) is 38.3 Å². The maximum Gasteiger partial charge on any atom is 0.167 e. The number of ether oxygens (including phenoxy) is 1. The molecule has 1 saturated heterocycles. The van der Waals surface area contributed by atoms with Gasteiger partial charge in [0.15, 0.2) is 5.58 Å². The zero-order valence-electron chi connectivity index (χ0n) is 17.7. The number of nitrogens with zero attached hydrogens (tertiary/aromatic N) is 5. The van der Waals surface area contributed by atoms with Crippen LogP contribution in [0.4, 0.5) is 0 Å². The van der Waals surface area contributed by atoms with Crippen molar-refractivity contribution in [2.24, 2.45) is 0 Å². The molecule has 5 aromatic rings. The normalized spacial score (nSPS) is 19.0. The highest BCUT2D eigenvalue weighted by atomic mass is 16.5. The van der Waals surface area contributed by atoms with E-state index in [2.05, 4.69) is 27.7 Å². The molecule has 1 unspecified atom stereocenters. The molecular formula is C25H21N5O2. The topological polar surface area (TPSA) is 89.8 Å². The number of fused-ring (bicyclic) bond motifs is 4. The second-order valence-electron chi connectivity index (χ2n) is 8.40. The van der Waals surface area contributed by atoms with Gasteiger partial charge in [-0.15, -0.1) is 0 Å². The molecule has 3 aromatic heterocycles. The molecule has 0 amide bonds. The van der Waals surface area contributed by atoms with Crippen LogP contribution in [0.1, 0.15) is 42.9 Å². The Morgan fingerprint density at radius 1 is 1.16 bits per heavy atom. The predicted molar refractivity (Wildman–Crippen MR) is 120 cm³/mol. The average Bonchev–Trinajstić information content (AvgIpc) is 3.40. The quantitative estimate of drug-likeness (QED) is 0.409. The first kappa shape index (κ1) is 19.0. The lowest BCUT2D eigenvalue weighted by Gasteiger charge is -2.30. The Hall–Kier alpha value is -3.76. The molecule has 1 aliphatic rings. The second-order valence-corrected chi connectivity index (χ2v) is 8.40. The van der Waals surface area contributed by atoms with E-state index >= 15 is 0 Å². The number of imidazole rings is 1. The number of para-hydroxylation sites is 1. The Morgan fingerprint density at radius 2 is 2.06 bits per heavy atom. The molecule has 6 rings (SSSR count). The Kier molecular flexibility index (Phi) is 4.40. The minimum Gasteiger partial charge on any atom is -0.378 e. The predicted octanol–water partition coefficient (Wildman–Crippen LogP) is 4.93. The largest absolute Gasteiger partial charge is 0.378 e. The lowest BCUT2D eigenvalue weighted by atomic mass is 10.0. The van der Waals surface area contributed by atoms with Crippen LogP contribution in [-0.4, -0.2) is 32.4 Å². The van der Waals surface area contributed by atoms with E-state index in [9.17, 15) is 5.26 Å². The molecule has 2 atom stereocenters. The fourth-order valence-electron chi connectivity index (χ4n) is 4.84. The Balaban J connectivity index is 1.59. The molecule has 1 aliphatic heterocycles. The first-order valence-corrected chi connectivity index (χ1v) is 10.9. The van der Waals surface area contributed by atoms with E-state index in [1.807, 2.05) is 42.6 Å². The summed E-state index contributed by atoms with van der Waals surface area (Å²) in [4.78, 5) is 9.60. The van der Waals surface area contributed by atoms with Gasteiger partial charge in [0.25, 0.3) is 0 Å². The molecule has 32 heavy (non-hydrogen) atoms. The molecule has 0 bridgehead atoms. The summed E-state index contributed by atoms with van der Waals surface area (Å²) in [6.07, 6.45) is 4.36. The SMILES string of the molecule is C[C@@H]1CC(n2c(Cc3noc4ccccc34)nc3cnc4ccc(C#N)cc4c32)CCO1. The summed E-state index contributed by atoms with van der Waals surface area (Å²) in [6.45, 7) is 2.83. The van der Waals surface area contributed by atoms with Crippen molar-refractivity contribution in [3.8, 4) is 6.07 Å². The van der Waals surface area contributed by atoms with Gasteiger partial charge in [0, 0.05) is 23.4 Å². The molecule has 2 aromatic carbocycles. The highest BCUT2D eigenvalue weighted by Gasteiger charge is 2.27. The van der Waals surface area contributed by atoms with Crippen molar-refractivity contribution in [1.29, 1.82) is 5.26 Å². The summed E-state index contributed by atoms with van der Waals surface area (Å²) in [5, 5.41) is 15.8. The van der Waals surface area contributed by atoms with Gasteiger partial charge in [-0.2, -0.15) is 5.26 Å². The Labute approximate surface area is 184 Å². The summed E-state index contributed by atoms with van der Waals surface area (Å²) in [6, 6.07) is 16.0. The van der Waals surface area contributed by atoms with Gasteiger partial charge in [-0.1, -0.05) is 17.3 Å². The van der Waals surface area contributed by atoms with E-state index in [1.54, 1.807) is 6.07 Å². The van der Waals surface area contributed by atoms with Crippen LogP contribution in [0.5, 0.6) is 0 Å². The third-order valence-corrected chi connectivity index (χ3v) is 6.32. The number of hydrogen-bond donors (Lipinski definition) is 0. The number of nitriles is 1. The molecule has 158 valence electrons. The van der Waals surface area contributed by atoms with Gasteiger partial charge < -0.3 is 13.8 Å². The van der Waals surface area contributed by atoms with Crippen LogP contribution in [0.25, 0.3) is 32.9 Å². The van der Waals surface area contributed by atoms with Crippen LogP contribution in [0.2, 0.25) is 0 Å². The van der Waals surface area contributed by atoms with Crippen molar-refractivity contribution in [2.75, 3.05) is 6.61 Å². The first-order chi connectivity index (χ1) is 15.7. The Morgan fingerprint density at radius 3 is 2.94 bits per heavy atom. The molecule has 0 spiro atoms. The lowest BCUT2D eigenvalue weighted by molar-refractivity contribution is 0.00630. The smallest absolute Gasteiger partial charge is 0.167 e. The van der Waals surface area contributed by atoms with Crippen molar-refractivity contribution >= 4 is 32.9 Å². The zero-order chi connectivity index (χ0) is 21.7. The van der Waals surface area contributed by atoms with Gasteiger partial charge in [-0.3, -0.25) is 4.98 Å². The van der Waals surface area contributed by atoms with Gasteiger partial charge in [0.05, 0.1) is 47.1 Å². The molecule has 7 nitrogen and oxygen atoms in total. The first-order valence-electron chi connectivity index (χ1n) is 10.9. The van der Waals surface area contributed by atoms with Gasteiger partial charge in [-0.25, -0.2) is 4.98 Å². The van der Waals surface area contributed by atoms with Crippen molar-refractivity contribution < 1.29 is 9.26 Å². The van der Waals surface area contributed by atoms with E-state index in [1.165, 1.54) is 0 Å². The highest BCUT2D eigenvalue weighted by molar-refractivity contribution is 6.03. The molecule has 1 fully saturated rings. The van der Waals surface area contributed by atoms with Gasteiger partial charge in [-0.05, 0) is 50.1 Å². The molecule has 0 aliphatic carbocycles. The molecule has 4 heterocycles. The third-order valence-electron chi connectivity index (χ3n) is 6.32. The van der Waals surface area contributed by atoms with Crippen LogP contribution in [0.15, 0.2) is 53.2 Å². The fraction of sp³-hybridized carbons (Fsp3) is 0.280. The van der Waals surface area contributed by atoms with E-state index in [4.69, 9.17) is 14.2 Å². The van der Waals surface area contributed by atoms with Crippen LogP contribution >= 0.6 is 0 Å². The highest BCUT2D eigenvalue weighted by Crippen LogP contribution is 2.35. The summed E-state index contributed by atoms with van der Waals surface area (Å²) < 4.78 is 13.7. The molecule has 0 radical (unpaired) electrons. The van der Waals surface area contributed by atoms with Crippen LogP contribution in [0, 0.1) is 11.3 Å². The van der Waals surface area contributed by atoms with Crippen molar-refractivity contribution in [1.82, 2.24) is 19.7 Å². The average molecular weight is 423 g/mol. The molecule has 7 heteroatoms. The number of benzene rings is 2. The third kappa shape index (κ3) is 3.03. The standard InChI is InChI=1S/C25H21N5O2/c1-15-10-17(8-9-31-15)30-24(12-21-18-4-2-3-5-23(18)32-29-21)28-22-14-27-20-7-6-16(13-26)11-19(20)25(22)30/h2-7,11,14-15,17H,8-10,12H2,1H3/t15-,17?/m1/s1. The second kappa shape index (κ2) is 7.43. The van der Waals surface area contributed by atoms with Crippen LogP contribution < -0.4 is 0 Å². The summed E-state index contributed by atoms with van der Waals surface area (Å²) in [7, 11) is 0. The summed E-state index contributed by atoms with van der Waals surface area (Å²) in [5.74, 6) is 0.926. The number of hydrogen-bond acceptors (Lipinski definition) is 6. The minimum absolute atomic E-state index is 0.176. The van der Waals surface area contributed by atoms with Crippen LogP contribution in [0.3, 0.4) is 0 Å². The Bertz CT molecular complexity index is 1510. The lowest BCUT2D eigenvalue weighted by Crippen LogP contribution is -2.26. The number of rotatable bonds is 3. The zero-order valence-corrected chi connectivity index (χ0v) is 17.7. The van der Waals surface area contributed by atoms with E-state index in [0.717, 1.165) is 57.3 Å². The van der Waals surface area contributed by atoms with E-state index in [0.29, 0.717) is 18.6 Å². The van der Waals surface area contributed by atoms with E-state index in [-0.39, 0.29) is 12.1 Å². The maximum absolute atomic E-state index is 9.47. The van der Waals surface area contributed by atoms with Gasteiger partial charge in [0.2, 0.25) is 0 Å².